The van der Waals surface area contributed by atoms with Gasteiger partial charge >= 0.3 is 0 Å². The Hall–Kier alpha value is -1.16. The molecule has 2 unspecified atom stereocenters. The standard InChI is InChI=1S/C12H16O3/c1-2-9-5-3-4-6-10(9)7-11(14)12(15)8-13/h2-6,11-15H,1,7-8H2. The molecule has 15 heavy (non-hydrogen) atoms. The normalized spacial score (nSPS) is 14.6. The van der Waals surface area contributed by atoms with Crippen LogP contribution in [0.4, 0.5) is 0 Å². The number of hydrogen-bond acceptors (Lipinski definition) is 3. The zero-order valence-electron chi connectivity index (χ0n) is 8.50. The van der Waals surface area contributed by atoms with Gasteiger partial charge in [-0.1, -0.05) is 36.9 Å². The fourth-order valence-electron chi connectivity index (χ4n) is 1.40. The quantitative estimate of drug-likeness (QED) is 0.663. The van der Waals surface area contributed by atoms with Gasteiger partial charge in [-0.05, 0) is 11.1 Å². The maximum absolute atomic E-state index is 9.55. The molecule has 2 atom stereocenters. The van der Waals surface area contributed by atoms with Gasteiger partial charge in [0.25, 0.3) is 0 Å². The largest absolute Gasteiger partial charge is 0.394 e. The lowest BCUT2D eigenvalue weighted by Crippen LogP contribution is -2.31. The van der Waals surface area contributed by atoms with Gasteiger partial charge in [0.2, 0.25) is 0 Å². The van der Waals surface area contributed by atoms with Crippen LogP contribution in [0.1, 0.15) is 11.1 Å². The highest BCUT2D eigenvalue weighted by Gasteiger charge is 2.16. The molecule has 0 radical (unpaired) electrons. The van der Waals surface area contributed by atoms with E-state index in [1.54, 1.807) is 6.08 Å². The van der Waals surface area contributed by atoms with Gasteiger partial charge in [-0.2, -0.15) is 0 Å². The van der Waals surface area contributed by atoms with Crippen molar-refractivity contribution in [3.63, 3.8) is 0 Å². The van der Waals surface area contributed by atoms with Crippen molar-refractivity contribution in [2.75, 3.05) is 6.61 Å². The van der Waals surface area contributed by atoms with Gasteiger partial charge < -0.3 is 15.3 Å². The molecule has 3 heteroatoms. The fourth-order valence-corrected chi connectivity index (χ4v) is 1.40. The van der Waals surface area contributed by atoms with Crippen molar-refractivity contribution >= 4 is 6.08 Å². The molecule has 1 aromatic carbocycles. The topological polar surface area (TPSA) is 60.7 Å². The number of aliphatic hydroxyl groups is 3. The minimum absolute atomic E-state index is 0.309. The maximum Gasteiger partial charge on any atom is 0.103 e. The molecule has 82 valence electrons. The van der Waals surface area contributed by atoms with E-state index < -0.39 is 18.8 Å². The average Bonchev–Trinajstić information content (AvgIpc) is 2.28. The summed E-state index contributed by atoms with van der Waals surface area (Å²) in [7, 11) is 0. The van der Waals surface area contributed by atoms with Crippen LogP contribution in [0.15, 0.2) is 30.8 Å². The first-order valence-corrected chi connectivity index (χ1v) is 4.86. The van der Waals surface area contributed by atoms with Crippen LogP contribution in [0.2, 0.25) is 0 Å². The van der Waals surface area contributed by atoms with Crippen molar-refractivity contribution in [2.24, 2.45) is 0 Å². The number of aliphatic hydroxyl groups excluding tert-OH is 3. The molecule has 0 saturated carbocycles. The van der Waals surface area contributed by atoms with E-state index in [0.29, 0.717) is 6.42 Å². The highest BCUT2D eigenvalue weighted by Crippen LogP contribution is 2.13. The molecule has 3 N–H and O–H groups in total. The van der Waals surface area contributed by atoms with Crippen molar-refractivity contribution in [1.29, 1.82) is 0 Å². The van der Waals surface area contributed by atoms with Gasteiger partial charge in [-0.15, -0.1) is 0 Å². The van der Waals surface area contributed by atoms with Crippen molar-refractivity contribution in [1.82, 2.24) is 0 Å². The van der Waals surface area contributed by atoms with E-state index in [1.165, 1.54) is 0 Å². The zero-order valence-corrected chi connectivity index (χ0v) is 8.50. The average molecular weight is 208 g/mol. The van der Waals surface area contributed by atoms with Crippen molar-refractivity contribution in [3.8, 4) is 0 Å². The molecule has 0 spiro atoms. The third-order valence-corrected chi connectivity index (χ3v) is 2.34. The molecule has 3 nitrogen and oxygen atoms in total. The van der Waals surface area contributed by atoms with Crippen LogP contribution in [-0.2, 0) is 6.42 Å². The Balaban J connectivity index is 2.75. The number of rotatable bonds is 5. The molecule has 1 rings (SSSR count). The van der Waals surface area contributed by atoms with Gasteiger partial charge in [-0.25, -0.2) is 0 Å². The molecule has 1 aromatic rings. The predicted octanol–water partition coefficient (Wildman–Crippen LogP) is 0.586. The first kappa shape index (κ1) is 11.9. The minimum Gasteiger partial charge on any atom is -0.394 e. The van der Waals surface area contributed by atoms with Crippen molar-refractivity contribution < 1.29 is 15.3 Å². The molecule has 0 saturated heterocycles. The summed E-state index contributed by atoms with van der Waals surface area (Å²) in [5.41, 5.74) is 1.84. The second kappa shape index (κ2) is 5.66. The second-order valence-electron chi connectivity index (χ2n) is 3.42. The Morgan fingerprint density at radius 2 is 1.87 bits per heavy atom. The summed E-state index contributed by atoms with van der Waals surface area (Å²) < 4.78 is 0. The maximum atomic E-state index is 9.55. The van der Waals surface area contributed by atoms with Crippen LogP contribution in [0.25, 0.3) is 6.08 Å². The van der Waals surface area contributed by atoms with Crippen LogP contribution in [0.5, 0.6) is 0 Å². The molecule has 0 aliphatic heterocycles. The van der Waals surface area contributed by atoms with E-state index in [0.717, 1.165) is 11.1 Å². The third kappa shape index (κ3) is 3.16. The Bertz CT molecular complexity index is 322. The Morgan fingerprint density at radius 3 is 2.47 bits per heavy atom. The van der Waals surface area contributed by atoms with E-state index >= 15 is 0 Å². The monoisotopic (exact) mass is 208 g/mol. The third-order valence-electron chi connectivity index (χ3n) is 2.34. The smallest absolute Gasteiger partial charge is 0.103 e. The van der Waals surface area contributed by atoms with Crippen LogP contribution >= 0.6 is 0 Å². The van der Waals surface area contributed by atoms with E-state index in [1.807, 2.05) is 24.3 Å². The van der Waals surface area contributed by atoms with Crippen molar-refractivity contribution in [2.45, 2.75) is 18.6 Å². The molecular formula is C12H16O3. The summed E-state index contributed by atoms with van der Waals surface area (Å²) >= 11 is 0. The van der Waals surface area contributed by atoms with E-state index in [-0.39, 0.29) is 0 Å². The summed E-state index contributed by atoms with van der Waals surface area (Å²) in [6.07, 6.45) is -0.0314. The van der Waals surface area contributed by atoms with Gasteiger partial charge in [-0.3, -0.25) is 0 Å². The van der Waals surface area contributed by atoms with Gasteiger partial charge in [0.15, 0.2) is 0 Å². The molecule has 0 aliphatic rings. The van der Waals surface area contributed by atoms with E-state index in [2.05, 4.69) is 6.58 Å². The molecule has 0 bridgehead atoms. The first-order chi connectivity index (χ1) is 7.19. The van der Waals surface area contributed by atoms with Gasteiger partial charge in [0, 0.05) is 6.42 Å². The molecule has 0 amide bonds. The van der Waals surface area contributed by atoms with E-state index in [4.69, 9.17) is 5.11 Å². The summed E-state index contributed by atoms with van der Waals surface area (Å²) in [5, 5.41) is 27.5. The van der Waals surface area contributed by atoms with Crippen molar-refractivity contribution in [3.05, 3.63) is 42.0 Å². The lowest BCUT2D eigenvalue weighted by molar-refractivity contribution is -0.0132. The second-order valence-corrected chi connectivity index (χ2v) is 3.42. The molecule has 0 aromatic heterocycles. The summed E-state index contributed by atoms with van der Waals surface area (Å²) in [6, 6.07) is 7.50. The summed E-state index contributed by atoms with van der Waals surface area (Å²) in [5.74, 6) is 0. The fraction of sp³-hybridized carbons (Fsp3) is 0.333. The molecular weight excluding hydrogens is 192 g/mol. The SMILES string of the molecule is C=Cc1ccccc1CC(O)C(O)CO. The zero-order chi connectivity index (χ0) is 11.3. The molecule has 0 fully saturated rings. The van der Waals surface area contributed by atoms with Crippen LogP contribution in [-0.4, -0.2) is 34.1 Å². The number of benzene rings is 1. The Labute approximate surface area is 89.3 Å². The molecule has 0 heterocycles. The minimum atomic E-state index is -1.09. The summed E-state index contributed by atoms with van der Waals surface area (Å²) in [4.78, 5) is 0. The van der Waals surface area contributed by atoms with Gasteiger partial charge in [0.05, 0.1) is 12.7 Å². The predicted molar refractivity (Wildman–Crippen MR) is 59.3 cm³/mol. The lowest BCUT2D eigenvalue weighted by atomic mass is 9.99. The van der Waals surface area contributed by atoms with E-state index in [9.17, 15) is 10.2 Å². The Morgan fingerprint density at radius 1 is 1.20 bits per heavy atom. The van der Waals surface area contributed by atoms with Gasteiger partial charge in [0.1, 0.15) is 6.10 Å². The lowest BCUT2D eigenvalue weighted by Gasteiger charge is -2.16. The highest BCUT2D eigenvalue weighted by atomic mass is 16.4. The van der Waals surface area contributed by atoms with Crippen LogP contribution < -0.4 is 0 Å². The highest BCUT2D eigenvalue weighted by molar-refractivity contribution is 5.51. The molecule has 0 aliphatic carbocycles. The number of hydrogen-bond donors (Lipinski definition) is 3. The Kier molecular flexibility index (Phi) is 4.49. The summed E-state index contributed by atoms with van der Waals surface area (Å²) in [6.45, 7) is 3.24. The van der Waals surface area contributed by atoms with Crippen LogP contribution in [0, 0.1) is 0 Å². The first-order valence-electron chi connectivity index (χ1n) is 4.86. The van der Waals surface area contributed by atoms with Crippen LogP contribution in [0.3, 0.4) is 0 Å².